The summed E-state index contributed by atoms with van der Waals surface area (Å²) in [5, 5.41) is 0. The van der Waals surface area contributed by atoms with E-state index in [9.17, 15) is 14.0 Å². The normalized spacial score (nSPS) is 19.4. The van der Waals surface area contributed by atoms with Crippen molar-refractivity contribution in [3.8, 4) is 5.75 Å². The lowest BCUT2D eigenvalue weighted by Gasteiger charge is -2.34. The number of ketones is 1. The molecule has 0 unspecified atom stereocenters. The second-order valence-corrected chi connectivity index (χ2v) is 9.23. The number of halogens is 1. The van der Waals surface area contributed by atoms with Crippen LogP contribution in [0.3, 0.4) is 0 Å². The van der Waals surface area contributed by atoms with Gasteiger partial charge >= 0.3 is 0 Å². The van der Waals surface area contributed by atoms with E-state index in [0.717, 1.165) is 19.5 Å². The van der Waals surface area contributed by atoms with Crippen molar-refractivity contribution in [1.82, 2.24) is 14.7 Å². The molecule has 2 saturated heterocycles. The number of ether oxygens (including phenoxy) is 1. The third-order valence-corrected chi connectivity index (χ3v) is 6.84. The topological polar surface area (TPSA) is 53.1 Å². The molecule has 0 spiro atoms. The van der Waals surface area contributed by atoms with Gasteiger partial charge in [0.2, 0.25) is 0 Å². The number of benzene rings is 2. The van der Waals surface area contributed by atoms with Crippen LogP contribution in [0.5, 0.6) is 5.75 Å². The molecular weight excluding hydrogens is 433 g/mol. The molecule has 2 heterocycles. The fraction of sp³-hybridized carbons (Fsp3) is 0.481. The average molecular weight is 468 g/mol. The van der Waals surface area contributed by atoms with Gasteiger partial charge in [-0.2, -0.15) is 0 Å². The average Bonchev–Trinajstić information content (AvgIpc) is 3.27. The highest BCUT2D eigenvalue weighted by molar-refractivity contribution is 5.98. The number of carbonyl (C=O) groups is 2. The SMILES string of the molecule is C[C@@H]1CCCN1CCCOc1ccc(C(=O)CN2CCN(C(=O)c3ccccc3)CC2)cc1F. The molecule has 2 aromatic carbocycles. The number of carbonyl (C=O) groups excluding carboxylic acids is 2. The van der Waals surface area contributed by atoms with Crippen molar-refractivity contribution in [2.24, 2.45) is 0 Å². The number of likely N-dealkylation sites (tertiary alicyclic amines) is 1. The lowest BCUT2D eigenvalue weighted by Crippen LogP contribution is -2.49. The molecule has 0 N–H and O–H groups in total. The van der Waals surface area contributed by atoms with Crippen LogP contribution in [-0.4, -0.2) is 84.9 Å². The van der Waals surface area contributed by atoms with E-state index in [1.807, 2.05) is 40.1 Å². The first-order chi connectivity index (χ1) is 16.5. The monoisotopic (exact) mass is 467 g/mol. The molecule has 0 aliphatic carbocycles. The van der Waals surface area contributed by atoms with Gasteiger partial charge in [-0.05, 0) is 63.1 Å². The molecule has 2 aliphatic heterocycles. The number of piperazine rings is 1. The Morgan fingerprint density at radius 3 is 2.44 bits per heavy atom. The van der Waals surface area contributed by atoms with Crippen LogP contribution in [0.25, 0.3) is 0 Å². The van der Waals surface area contributed by atoms with E-state index < -0.39 is 5.82 Å². The first-order valence-corrected chi connectivity index (χ1v) is 12.3. The maximum Gasteiger partial charge on any atom is 0.253 e. The van der Waals surface area contributed by atoms with Crippen LogP contribution < -0.4 is 4.74 Å². The number of hydrogen-bond acceptors (Lipinski definition) is 5. The summed E-state index contributed by atoms with van der Waals surface area (Å²) in [6.45, 7) is 7.37. The van der Waals surface area contributed by atoms with Crippen LogP contribution in [0.15, 0.2) is 48.5 Å². The molecule has 1 atom stereocenters. The Kier molecular flexibility index (Phi) is 8.29. The van der Waals surface area contributed by atoms with Gasteiger partial charge in [-0.1, -0.05) is 18.2 Å². The van der Waals surface area contributed by atoms with Crippen molar-refractivity contribution >= 4 is 11.7 Å². The number of hydrogen-bond donors (Lipinski definition) is 0. The van der Waals surface area contributed by atoms with Crippen LogP contribution in [0.1, 0.15) is 46.9 Å². The molecule has 0 aromatic heterocycles. The van der Waals surface area contributed by atoms with Gasteiger partial charge in [-0.25, -0.2) is 4.39 Å². The van der Waals surface area contributed by atoms with Crippen molar-refractivity contribution in [3.63, 3.8) is 0 Å². The Bertz CT molecular complexity index is 976. The predicted octanol–water partition coefficient (Wildman–Crippen LogP) is 3.72. The van der Waals surface area contributed by atoms with Crippen LogP contribution >= 0.6 is 0 Å². The van der Waals surface area contributed by atoms with E-state index in [2.05, 4.69) is 11.8 Å². The first-order valence-electron chi connectivity index (χ1n) is 12.3. The highest BCUT2D eigenvalue weighted by Crippen LogP contribution is 2.20. The summed E-state index contributed by atoms with van der Waals surface area (Å²) >= 11 is 0. The van der Waals surface area contributed by atoms with Crippen LogP contribution in [0, 0.1) is 5.82 Å². The molecule has 182 valence electrons. The highest BCUT2D eigenvalue weighted by Gasteiger charge is 2.24. The van der Waals surface area contributed by atoms with Gasteiger partial charge in [0.15, 0.2) is 17.3 Å². The maximum atomic E-state index is 14.5. The number of amides is 1. The summed E-state index contributed by atoms with van der Waals surface area (Å²) in [5.74, 6) is -0.423. The largest absolute Gasteiger partial charge is 0.490 e. The van der Waals surface area contributed by atoms with E-state index in [0.29, 0.717) is 50.0 Å². The van der Waals surface area contributed by atoms with Gasteiger partial charge in [0.05, 0.1) is 13.2 Å². The third kappa shape index (κ3) is 6.21. The zero-order valence-electron chi connectivity index (χ0n) is 19.9. The number of rotatable bonds is 9. The molecule has 2 aliphatic rings. The standard InChI is InChI=1S/C27H34FN3O3/c1-21-7-5-12-30(21)13-6-18-34-26-11-10-23(19-24(26)28)25(32)20-29-14-16-31(17-15-29)27(33)22-8-3-2-4-9-22/h2-4,8-11,19,21H,5-7,12-18,20H2,1H3/t21-/m1/s1. The number of nitrogens with zero attached hydrogens (tertiary/aromatic N) is 3. The van der Waals surface area contributed by atoms with Crippen molar-refractivity contribution in [2.45, 2.75) is 32.2 Å². The Balaban J connectivity index is 1.21. The second-order valence-electron chi connectivity index (χ2n) is 9.23. The van der Waals surface area contributed by atoms with Crippen LogP contribution in [-0.2, 0) is 0 Å². The van der Waals surface area contributed by atoms with Crippen molar-refractivity contribution in [3.05, 3.63) is 65.5 Å². The van der Waals surface area contributed by atoms with E-state index in [-0.39, 0.29) is 24.0 Å². The van der Waals surface area contributed by atoms with E-state index in [1.165, 1.54) is 18.9 Å². The maximum absolute atomic E-state index is 14.5. The summed E-state index contributed by atoms with van der Waals surface area (Å²) in [7, 11) is 0. The minimum absolute atomic E-state index is 0.0131. The Hall–Kier alpha value is -2.77. The Morgan fingerprint density at radius 1 is 1.00 bits per heavy atom. The molecule has 0 bridgehead atoms. The molecule has 6 nitrogen and oxygen atoms in total. The molecule has 0 radical (unpaired) electrons. The fourth-order valence-corrected chi connectivity index (χ4v) is 4.73. The minimum Gasteiger partial charge on any atom is -0.490 e. The second kappa shape index (κ2) is 11.6. The predicted molar refractivity (Wildman–Crippen MR) is 130 cm³/mol. The summed E-state index contributed by atoms with van der Waals surface area (Å²) in [4.78, 5) is 31.6. The van der Waals surface area contributed by atoms with Crippen molar-refractivity contribution in [1.29, 1.82) is 0 Å². The Labute approximate surface area is 201 Å². The van der Waals surface area contributed by atoms with Crippen molar-refractivity contribution in [2.75, 3.05) is 52.4 Å². The molecule has 2 fully saturated rings. The minimum atomic E-state index is -0.501. The highest BCUT2D eigenvalue weighted by atomic mass is 19.1. The fourth-order valence-electron chi connectivity index (χ4n) is 4.73. The molecule has 1 amide bonds. The number of Topliss-reactive ketones (excluding diaryl/α,β-unsaturated/α-hetero) is 1. The smallest absolute Gasteiger partial charge is 0.253 e. The molecule has 0 saturated carbocycles. The summed E-state index contributed by atoms with van der Waals surface area (Å²) in [6.07, 6.45) is 3.34. The van der Waals surface area contributed by atoms with Gasteiger partial charge in [0, 0.05) is 49.9 Å². The van der Waals surface area contributed by atoms with E-state index in [1.54, 1.807) is 12.1 Å². The molecule has 4 rings (SSSR count). The zero-order valence-corrected chi connectivity index (χ0v) is 19.9. The van der Waals surface area contributed by atoms with Gasteiger partial charge in [-0.3, -0.25) is 14.5 Å². The van der Waals surface area contributed by atoms with Gasteiger partial charge < -0.3 is 14.5 Å². The van der Waals surface area contributed by atoms with E-state index >= 15 is 0 Å². The zero-order chi connectivity index (χ0) is 23.9. The summed E-state index contributed by atoms with van der Waals surface area (Å²) in [5.41, 5.74) is 1.02. The van der Waals surface area contributed by atoms with E-state index in [4.69, 9.17) is 4.74 Å². The molecule has 7 heteroatoms. The summed E-state index contributed by atoms with van der Waals surface area (Å²) in [6, 6.07) is 14.3. The molecule has 2 aromatic rings. The van der Waals surface area contributed by atoms with Crippen LogP contribution in [0.2, 0.25) is 0 Å². The van der Waals surface area contributed by atoms with Crippen LogP contribution in [0.4, 0.5) is 4.39 Å². The third-order valence-electron chi connectivity index (χ3n) is 6.84. The Morgan fingerprint density at radius 2 is 1.76 bits per heavy atom. The van der Waals surface area contributed by atoms with Crippen molar-refractivity contribution < 1.29 is 18.7 Å². The quantitative estimate of drug-likeness (QED) is 0.416. The molecule has 34 heavy (non-hydrogen) atoms. The van der Waals surface area contributed by atoms with Gasteiger partial charge in [-0.15, -0.1) is 0 Å². The molecular formula is C27H34FN3O3. The first kappa shape index (κ1) is 24.4. The van der Waals surface area contributed by atoms with Gasteiger partial charge in [0.25, 0.3) is 5.91 Å². The lowest BCUT2D eigenvalue weighted by atomic mass is 10.1. The summed E-state index contributed by atoms with van der Waals surface area (Å²) < 4.78 is 20.2. The lowest BCUT2D eigenvalue weighted by molar-refractivity contribution is 0.0624. The van der Waals surface area contributed by atoms with Gasteiger partial charge in [0.1, 0.15) is 0 Å².